The molecule has 2 heterocycles. The van der Waals surface area contributed by atoms with Crippen LogP contribution >= 0.6 is 0 Å². The Bertz CT molecular complexity index is 1300. The van der Waals surface area contributed by atoms with Gasteiger partial charge in [0.05, 0.1) is 17.6 Å². The number of nitrogens with zero attached hydrogens (tertiary/aromatic N) is 3. The van der Waals surface area contributed by atoms with Gasteiger partial charge < -0.3 is 16.0 Å². The van der Waals surface area contributed by atoms with E-state index in [2.05, 4.69) is 109 Å². The smallest absolute Gasteiger partial charge is 0.324 e. The second kappa shape index (κ2) is 11.9. The lowest BCUT2D eigenvalue weighted by Crippen LogP contribution is -2.54. The monoisotopic (exact) mass is 588 g/mol. The summed E-state index contributed by atoms with van der Waals surface area (Å²) in [6, 6.07) is 21.1. The van der Waals surface area contributed by atoms with Gasteiger partial charge in [0.25, 0.3) is 0 Å². The van der Waals surface area contributed by atoms with Gasteiger partial charge in [0.2, 0.25) is 5.91 Å². The van der Waals surface area contributed by atoms with Crippen molar-refractivity contribution in [3.05, 3.63) is 71.8 Å². The Hall–Kier alpha value is -3.43. The summed E-state index contributed by atoms with van der Waals surface area (Å²) in [5.74, 6) is -0.174. The van der Waals surface area contributed by atoms with Crippen molar-refractivity contribution in [3.8, 4) is 0 Å². The van der Waals surface area contributed by atoms with Gasteiger partial charge in [-0.15, -0.1) is 0 Å². The molecule has 2 aromatic rings. The normalized spacial score (nSPS) is 31.9. The van der Waals surface area contributed by atoms with Gasteiger partial charge in [-0.25, -0.2) is 9.59 Å². The van der Waals surface area contributed by atoms with E-state index in [1.54, 1.807) is 0 Å². The van der Waals surface area contributed by atoms with E-state index in [9.17, 15) is 14.4 Å². The molecule has 0 aromatic heterocycles. The van der Waals surface area contributed by atoms with Crippen LogP contribution in [0.25, 0.3) is 0 Å². The number of nitrogens with one attached hydrogen (secondary N) is 3. The standard InChI is InChI=1S/C18H25N3O2.C16H23N3O/c1-14(22)21-13-17(19-16(21)23)9-11-18(12-10-17,20(2)3)15-7-5-4-6-8-15;1-19(2)16(13-6-4-3-5-7-13)10-8-15(9-11-16)12-17-14(20)18-15/h4-8H,9-13H2,1-3H3,(H,19,23);3-7H,8-12H2,1-2H3,(H2,17,18,20). The zero-order chi connectivity index (χ0) is 30.9. The summed E-state index contributed by atoms with van der Waals surface area (Å²) in [5, 5.41) is 9.12. The molecule has 0 bridgehead atoms. The van der Waals surface area contributed by atoms with Crippen LogP contribution in [-0.4, -0.2) is 85.0 Å². The minimum Gasteiger partial charge on any atom is -0.336 e. The van der Waals surface area contributed by atoms with E-state index in [1.807, 2.05) is 6.07 Å². The van der Waals surface area contributed by atoms with Gasteiger partial charge >= 0.3 is 12.1 Å². The first-order valence-electron chi connectivity index (χ1n) is 15.6. The molecule has 2 aliphatic carbocycles. The highest BCUT2D eigenvalue weighted by Crippen LogP contribution is 2.46. The number of benzene rings is 2. The molecule has 0 radical (unpaired) electrons. The predicted molar refractivity (Wildman–Crippen MR) is 168 cm³/mol. The van der Waals surface area contributed by atoms with Gasteiger partial charge in [-0.3, -0.25) is 19.5 Å². The van der Waals surface area contributed by atoms with E-state index >= 15 is 0 Å². The van der Waals surface area contributed by atoms with Gasteiger partial charge in [-0.2, -0.15) is 0 Å². The zero-order valence-electron chi connectivity index (χ0n) is 26.4. The number of urea groups is 2. The van der Waals surface area contributed by atoms with Crippen LogP contribution < -0.4 is 16.0 Å². The molecule has 9 nitrogen and oxygen atoms in total. The molecule has 2 aliphatic heterocycles. The van der Waals surface area contributed by atoms with Crippen LogP contribution in [0.3, 0.4) is 0 Å². The minimum absolute atomic E-state index is 0.000874. The number of carbonyl (C=O) groups excluding carboxylic acids is 3. The number of hydrogen-bond acceptors (Lipinski definition) is 5. The second-order valence-corrected chi connectivity index (χ2v) is 13.5. The van der Waals surface area contributed by atoms with E-state index in [4.69, 9.17) is 0 Å². The number of carbonyl (C=O) groups is 3. The van der Waals surface area contributed by atoms with E-state index < -0.39 is 0 Å². The molecule has 2 saturated heterocycles. The van der Waals surface area contributed by atoms with Crippen molar-refractivity contribution in [2.24, 2.45) is 0 Å². The number of amides is 5. The Labute approximate surface area is 256 Å². The highest BCUT2D eigenvalue weighted by molar-refractivity contribution is 5.95. The molecule has 0 atom stereocenters. The summed E-state index contributed by atoms with van der Waals surface area (Å²) < 4.78 is 0. The molecule has 2 aromatic carbocycles. The maximum Gasteiger partial charge on any atom is 0.324 e. The maximum atomic E-state index is 12.0. The third-order valence-electron chi connectivity index (χ3n) is 10.8. The molecule has 9 heteroatoms. The van der Waals surface area contributed by atoms with Gasteiger partial charge in [0, 0.05) is 24.5 Å². The van der Waals surface area contributed by atoms with E-state index in [0.29, 0.717) is 6.54 Å². The van der Waals surface area contributed by atoms with Crippen LogP contribution in [0.2, 0.25) is 0 Å². The highest BCUT2D eigenvalue weighted by Gasteiger charge is 2.51. The van der Waals surface area contributed by atoms with Gasteiger partial charge in [-0.05, 0) is 90.7 Å². The molecule has 2 saturated carbocycles. The number of rotatable bonds is 4. The molecule has 3 N–H and O–H groups in total. The van der Waals surface area contributed by atoms with Gasteiger partial charge in [0.15, 0.2) is 0 Å². The van der Waals surface area contributed by atoms with Crippen molar-refractivity contribution in [1.29, 1.82) is 0 Å². The SMILES string of the molecule is CC(=O)N1CC2(CCC(c3ccccc3)(N(C)C)CC2)NC1=O.CN(C)C1(c2ccccc2)CCC2(CC1)CNC(=O)N2. The molecule has 43 heavy (non-hydrogen) atoms. The first-order chi connectivity index (χ1) is 20.4. The third-order valence-corrected chi connectivity index (χ3v) is 10.8. The Balaban J connectivity index is 0.000000173. The number of imide groups is 1. The second-order valence-electron chi connectivity index (χ2n) is 13.5. The van der Waals surface area contributed by atoms with Crippen molar-refractivity contribution in [2.75, 3.05) is 41.3 Å². The fourth-order valence-corrected chi connectivity index (χ4v) is 7.90. The molecule has 4 aliphatic rings. The fourth-order valence-electron chi connectivity index (χ4n) is 7.90. The largest absolute Gasteiger partial charge is 0.336 e. The molecule has 5 amide bonds. The lowest BCUT2D eigenvalue weighted by molar-refractivity contribution is -0.125. The first kappa shape index (κ1) is 31.0. The van der Waals surface area contributed by atoms with E-state index in [0.717, 1.165) is 57.9 Å². The highest BCUT2D eigenvalue weighted by atomic mass is 16.2. The van der Waals surface area contributed by atoms with Crippen molar-refractivity contribution < 1.29 is 14.4 Å². The van der Waals surface area contributed by atoms with Gasteiger partial charge in [0.1, 0.15) is 0 Å². The number of hydrogen-bond donors (Lipinski definition) is 3. The van der Waals surface area contributed by atoms with Crippen LogP contribution in [0.4, 0.5) is 9.59 Å². The van der Waals surface area contributed by atoms with Crippen molar-refractivity contribution in [3.63, 3.8) is 0 Å². The minimum atomic E-state index is -0.253. The van der Waals surface area contributed by atoms with Crippen molar-refractivity contribution in [1.82, 2.24) is 30.7 Å². The summed E-state index contributed by atoms with van der Waals surface area (Å²) in [4.78, 5) is 41.1. The van der Waals surface area contributed by atoms with Crippen LogP contribution in [0.5, 0.6) is 0 Å². The quantitative estimate of drug-likeness (QED) is 0.492. The summed E-state index contributed by atoms with van der Waals surface area (Å²) >= 11 is 0. The van der Waals surface area contributed by atoms with Crippen molar-refractivity contribution in [2.45, 2.75) is 80.4 Å². The van der Waals surface area contributed by atoms with Crippen LogP contribution in [0.15, 0.2) is 60.7 Å². The average Bonchev–Trinajstić information content (AvgIpc) is 3.53. The molecule has 0 unspecified atom stereocenters. The Morgan fingerprint density at radius 2 is 1.12 bits per heavy atom. The lowest BCUT2D eigenvalue weighted by Gasteiger charge is -2.48. The Kier molecular flexibility index (Phi) is 8.60. The molecule has 2 spiro atoms. The lowest BCUT2D eigenvalue weighted by atomic mass is 9.69. The van der Waals surface area contributed by atoms with E-state index in [-0.39, 0.29) is 40.1 Å². The van der Waals surface area contributed by atoms with Crippen LogP contribution in [0, 0.1) is 0 Å². The fraction of sp³-hybridized carbons (Fsp3) is 0.559. The summed E-state index contributed by atoms with van der Waals surface area (Å²) in [6.45, 7) is 2.72. The molecule has 6 rings (SSSR count). The topological polar surface area (TPSA) is 97.0 Å². The third kappa shape index (κ3) is 5.89. The van der Waals surface area contributed by atoms with Crippen molar-refractivity contribution >= 4 is 18.0 Å². The summed E-state index contributed by atoms with van der Waals surface area (Å²) in [5.41, 5.74) is 2.54. The van der Waals surface area contributed by atoms with E-state index in [1.165, 1.54) is 23.0 Å². The first-order valence-corrected chi connectivity index (χ1v) is 15.6. The Morgan fingerprint density at radius 3 is 1.47 bits per heavy atom. The molecular weight excluding hydrogens is 540 g/mol. The van der Waals surface area contributed by atoms with Gasteiger partial charge in [-0.1, -0.05) is 60.7 Å². The average molecular weight is 589 g/mol. The van der Waals surface area contributed by atoms with Crippen LogP contribution in [0.1, 0.15) is 69.4 Å². The molecule has 232 valence electrons. The zero-order valence-corrected chi connectivity index (χ0v) is 26.4. The maximum absolute atomic E-state index is 12.0. The predicted octanol–water partition coefficient (Wildman–Crippen LogP) is 4.40. The van der Waals surface area contributed by atoms with Crippen LogP contribution in [-0.2, 0) is 15.9 Å². The molecular formula is C34H48N6O3. The summed E-state index contributed by atoms with van der Waals surface area (Å²) in [6.07, 6.45) is 7.91. The Morgan fingerprint density at radius 1 is 0.674 bits per heavy atom. The summed E-state index contributed by atoms with van der Waals surface area (Å²) in [7, 11) is 8.58. The molecule has 4 fully saturated rings.